The number of ether oxygens (including phenoxy) is 1. The van der Waals surface area contributed by atoms with Crippen molar-refractivity contribution in [3.63, 3.8) is 0 Å². The van der Waals surface area contributed by atoms with Crippen molar-refractivity contribution in [2.45, 2.75) is 33.3 Å². The Morgan fingerprint density at radius 2 is 2.10 bits per heavy atom. The van der Waals surface area contributed by atoms with Crippen molar-refractivity contribution in [3.8, 4) is 0 Å². The molecule has 0 amide bonds. The van der Waals surface area contributed by atoms with Crippen LogP contribution in [0.5, 0.6) is 0 Å². The van der Waals surface area contributed by atoms with Crippen LogP contribution in [-0.2, 0) is 11.3 Å². The highest BCUT2D eigenvalue weighted by atomic mass is 16.5. The first-order valence-electron chi connectivity index (χ1n) is 7.24. The molecule has 0 aliphatic carbocycles. The third-order valence-electron chi connectivity index (χ3n) is 2.93. The lowest BCUT2D eigenvalue weighted by atomic mass is 10.3. The lowest BCUT2D eigenvalue weighted by Crippen LogP contribution is -2.29. The van der Waals surface area contributed by atoms with Gasteiger partial charge in [-0.05, 0) is 13.3 Å². The molecule has 1 rings (SSSR count). The van der Waals surface area contributed by atoms with Crippen LogP contribution in [0.15, 0.2) is 6.07 Å². The molecule has 1 aromatic rings. The molecule has 0 bridgehead atoms. The molecule has 0 aliphatic rings. The molecule has 20 heavy (non-hydrogen) atoms. The van der Waals surface area contributed by atoms with Gasteiger partial charge in [0, 0.05) is 32.8 Å². The number of nitrogens with zero attached hydrogens (tertiary/aromatic N) is 3. The molecule has 0 spiro atoms. The number of hydrogen-bond donors (Lipinski definition) is 2. The van der Waals surface area contributed by atoms with Crippen LogP contribution in [0, 0.1) is 0 Å². The second-order valence-electron chi connectivity index (χ2n) is 4.48. The minimum atomic E-state index is 0.114. The zero-order valence-corrected chi connectivity index (χ0v) is 12.7. The zero-order chi connectivity index (χ0) is 14.8. The highest BCUT2D eigenvalue weighted by Crippen LogP contribution is 2.17. The van der Waals surface area contributed by atoms with Crippen molar-refractivity contribution in [2.24, 2.45) is 0 Å². The van der Waals surface area contributed by atoms with Crippen LogP contribution in [0.2, 0.25) is 0 Å². The van der Waals surface area contributed by atoms with E-state index in [2.05, 4.69) is 27.1 Å². The number of nitrogens with one attached hydrogen (secondary N) is 1. The summed E-state index contributed by atoms with van der Waals surface area (Å²) in [7, 11) is 1.83. The van der Waals surface area contributed by atoms with Gasteiger partial charge in [0.15, 0.2) is 5.82 Å². The SMILES string of the molecule is CCCCN(CCO)c1cc(NC)nc(COCC)n1. The van der Waals surface area contributed by atoms with Gasteiger partial charge in [0.25, 0.3) is 0 Å². The molecule has 0 unspecified atom stereocenters. The molecule has 0 saturated carbocycles. The highest BCUT2D eigenvalue weighted by molar-refractivity contribution is 5.49. The largest absolute Gasteiger partial charge is 0.395 e. The summed E-state index contributed by atoms with van der Waals surface area (Å²) < 4.78 is 5.37. The first-order chi connectivity index (χ1) is 9.74. The Morgan fingerprint density at radius 1 is 1.30 bits per heavy atom. The molecule has 0 saturated heterocycles. The molecule has 1 aromatic heterocycles. The molecule has 0 aliphatic heterocycles. The van der Waals surface area contributed by atoms with Gasteiger partial charge >= 0.3 is 0 Å². The van der Waals surface area contributed by atoms with Crippen molar-refractivity contribution in [1.29, 1.82) is 0 Å². The Bertz CT molecular complexity index is 387. The van der Waals surface area contributed by atoms with Gasteiger partial charge in [-0.25, -0.2) is 9.97 Å². The molecule has 2 N–H and O–H groups in total. The predicted molar refractivity (Wildman–Crippen MR) is 81.1 cm³/mol. The Labute approximate surface area is 121 Å². The van der Waals surface area contributed by atoms with Gasteiger partial charge in [-0.2, -0.15) is 0 Å². The lowest BCUT2D eigenvalue weighted by Gasteiger charge is -2.23. The Kier molecular flexibility index (Phi) is 7.91. The summed E-state index contributed by atoms with van der Waals surface area (Å²) in [5.41, 5.74) is 0. The number of aliphatic hydroxyl groups excluding tert-OH is 1. The summed E-state index contributed by atoms with van der Waals surface area (Å²) in [6, 6.07) is 1.90. The second-order valence-corrected chi connectivity index (χ2v) is 4.48. The number of unbranched alkanes of at least 4 members (excludes halogenated alkanes) is 1. The second kappa shape index (κ2) is 9.50. The van der Waals surface area contributed by atoms with E-state index in [1.165, 1.54) is 0 Å². The molecule has 6 heteroatoms. The van der Waals surface area contributed by atoms with E-state index in [-0.39, 0.29) is 6.61 Å². The van der Waals surface area contributed by atoms with Gasteiger partial charge in [0.2, 0.25) is 0 Å². The third kappa shape index (κ3) is 5.30. The van der Waals surface area contributed by atoms with Gasteiger partial charge < -0.3 is 20.1 Å². The molecule has 0 fully saturated rings. The topological polar surface area (TPSA) is 70.5 Å². The first-order valence-corrected chi connectivity index (χ1v) is 7.24. The van der Waals surface area contributed by atoms with E-state index >= 15 is 0 Å². The summed E-state index contributed by atoms with van der Waals surface area (Å²) >= 11 is 0. The smallest absolute Gasteiger partial charge is 0.158 e. The molecular formula is C14H26N4O2. The van der Waals surface area contributed by atoms with Crippen LogP contribution in [0.1, 0.15) is 32.5 Å². The minimum absolute atomic E-state index is 0.114. The summed E-state index contributed by atoms with van der Waals surface area (Å²) in [5.74, 6) is 2.26. The number of hydrogen-bond acceptors (Lipinski definition) is 6. The van der Waals surface area contributed by atoms with Gasteiger partial charge in [0.1, 0.15) is 18.2 Å². The van der Waals surface area contributed by atoms with E-state index in [0.29, 0.717) is 25.6 Å². The van der Waals surface area contributed by atoms with Crippen molar-refractivity contribution < 1.29 is 9.84 Å². The Balaban J connectivity index is 2.92. The molecule has 114 valence electrons. The van der Waals surface area contributed by atoms with E-state index in [0.717, 1.165) is 31.0 Å². The normalized spacial score (nSPS) is 10.6. The van der Waals surface area contributed by atoms with Crippen LogP contribution >= 0.6 is 0 Å². The van der Waals surface area contributed by atoms with E-state index in [9.17, 15) is 5.11 Å². The van der Waals surface area contributed by atoms with E-state index < -0.39 is 0 Å². The molecule has 0 radical (unpaired) electrons. The minimum Gasteiger partial charge on any atom is -0.395 e. The van der Waals surface area contributed by atoms with Crippen LogP contribution in [-0.4, -0.2) is 48.4 Å². The van der Waals surface area contributed by atoms with Gasteiger partial charge in [0.05, 0.1) is 6.61 Å². The van der Waals surface area contributed by atoms with Crippen molar-refractivity contribution in [3.05, 3.63) is 11.9 Å². The van der Waals surface area contributed by atoms with Crippen LogP contribution in [0.25, 0.3) is 0 Å². The molecule has 0 aromatic carbocycles. The Hall–Kier alpha value is -1.40. The molecule has 0 atom stereocenters. The molecule has 6 nitrogen and oxygen atoms in total. The van der Waals surface area contributed by atoms with E-state index in [1.54, 1.807) is 0 Å². The predicted octanol–water partition coefficient (Wildman–Crippen LogP) is 1.65. The van der Waals surface area contributed by atoms with Crippen LogP contribution < -0.4 is 10.2 Å². The quantitative estimate of drug-likeness (QED) is 0.680. The van der Waals surface area contributed by atoms with E-state index in [1.807, 2.05) is 20.0 Å². The van der Waals surface area contributed by atoms with Gasteiger partial charge in [-0.15, -0.1) is 0 Å². The molecular weight excluding hydrogens is 256 g/mol. The maximum Gasteiger partial charge on any atom is 0.158 e. The first kappa shape index (κ1) is 16.7. The number of aromatic nitrogens is 2. The fourth-order valence-electron chi connectivity index (χ4n) is 1.84. The average molecular weight is 282 g/mol. The average Bonchev–Trinajstić information content (AvgIpc) is 2.49. The summed E-state index contributed by atoms with van der Waals surface area (Å²) in [6.07, 6.45) is 2.18. The van der Waals surface area contributed by atoms with E-state index in [4.69, 9.17) is 4.74 Å². The fourth-order valence-corrected chi connectivity index (χ4v) is 1.84. The van der Waals surface area contributed by atoms with Gasteiger partial charge in [-0.3, -0.25) is 0 Å². The standard InChI is InChI=1S/C14H26N4O2/c1-4-6-7-18(8-9-19)14-10-12(15-3)16-13(17-14)11-20-5-2/h10,19H,4-9,11H2,1-3H3,(H,15,16,17). The van der Waals surface area contributed by atoms with Gasteiger partial charge in [-0.1, -0.05) is 13.3 Å². The summed E-state index contributed by atoms with van der Waals surface area (Å²) in [5, 5.41) is 12.3. The highest BCUT2D eigenvalue weighted by Gasteiger charge is 2.11. The van der Waals surface area contributed by atoms with Crippen molar-refractivity contribution in [1.82, 2.24) is 9.97 Å². The third-order valence-corrected chi connectivity index (χ3v) is 2.93. The fraction of sp³-hybridized carbons (Fsp3) is 0.714. The monoisotopic (exact) mass is 282 g/mol. The van der Waals surface area contributed by atoms with Crippen molar-refractivity contribution >= 4 is 11.6 Å². The van der Waals surface area contributed by atoms with Crippen molar-refractivity contribution in [2.75, 3.05) is 43.6 Å². The summed E-state index contributed by atoms with van der Waals surface area (Å²) in [6.45, 7) is 6.71. The Morgan fingerprint density at radius 3 is 2.70 bits per heavy atom. The van der Waals surface area contributed by atoms with Crippen LogP contribution in [0.4, 0.5) is 11.6 Å². The number of aliphatic hydroxyl groups is 1. The van der Waals surface area contributed by atoms with Crippen LogP contribution in [0.3, 0.4) is 0 Å². The molecule has 1 heterocycles. The maximum atomic E-state index is 9.21. The zero-order valence-electron chi connectivity index (χ0n) is 12.7. The number of rotatable bonds is 10. The number of anilines is 2. The summed E-state index contributed by atoms with van der Waals surface area (Å²) in [4.78, 5) is 11.0. The maximum absolute atomic E-state index is 9.21. The lowest BCUT2D eigenvalue weighted by molar-refractivity contribution is 0.128.